The summed E-state index contributed by atoms with van der Waals surface area (Å²) in [4.78, 5) is 27.0. The van der Waals surface area contributed by atoms with Gasteiger partial charge in [0.2, 0.25) is 0 Å². The summed E-state index contributed by atoms with van der Waals surface area (Å²) in [6.07, 6.45) is 0. The van der Waals surface area contributed by atoms with Gasteiger partial charge in [-0.2, -0.15) is 0 Å². The average molecular weight is 626 g/mol. The third-order valence-electron chi connectivity index (χ3n) is 3.24. The fraction of sp³-hybridized carbons (Fsp3) is 0.385. The fourth-order valence-corrected chi connectivity index (χ4v) is 4.57. The summed E-state index contributed by atoms with van der Waals surface area (Å²) in [5, 5.41) is 8.79. The Kier molecular flexibility index (Phi) is 6.50. The Bertz CT molecular complexity index is 572. The van der Waals surface area contributed by atoms with E-state index in [-0.39, 0.29) is 12.5 Å². The summed E-state index contributed by atoms with van der Waals surface area (Å²) in [7, 11) is 0. The van der Waals surface area contributed by atoms with E-state index in [4.69, 9.17) is 5.11 Å². The largest absolute Gasteiger partial charge is 0.480 e. The van der Waals surface area contributed by atoms with Crippen molar-refractivity contribution in [3.8, 4) is 0 Å². The molecule has 1 saturated heterocycles. The standard InChI is InChI=1S/C13H13I3N2O3/c14-8-5-9(12(16)10(15)6-8)13(21)18-3-1-17(2-4-18)7-11(19)20/h5-6H,1-4,7H2,(H,19,20). The molecule has 5 nitrogen and oxygen atoms in total. The van der Waals surface area contributed by atoms with Crippen LogP contribution in [0.25, 0.3) is 0 Å². The fourth-order valence-electron chi connectivity index (χ4n) is 2.18. The number of carboxylic acid groups (broad SMARTS) is 1. The van der Waals surface area contributed by atoms with Gasteiger partial charge in [-0.3, -0.25) is 14.5 Å². The van der Waals surface area contributed by atoms with Gasteiger partial charge in [-0.05, 0) is 79.9 Å². The van der Waals surface area contributed by atoms with E-state index < -0.39 is 5.97 Å². The molecule has 0 bridgehead atoms. The van der Waals surface area contributed by atoms with E-state index >= 15 is 0 Å². The molecule has 1 N–H and O–H groups in total. The molecule has 0 aliphatic carbocycles. The highest BCUT2D eigenvalue weighted by molar-refractivity contribution is 14.1. The molecule has 0 atom stereocenters. The predicted molar refractivity (Wildman–Crippen MR) is 105 cm³/mol. The molecular formula is C13H13I3N2O3. The molecule has 1 aliphatic heterocycles. The number of hydrogen-bond acceptors (Lipinski definition) is 3. The van der Waals surface area contributed by atoms with Gasteiger partial charge in [-0.15, -0.1) is 0 Å². The summed E-state index contributed by atoms with van der Waals surface area (Å²) >= 11 is 6.66. The minimum absolute atomic E-state index is 0.0332. The van der Waals surface area contributed by atoms with Crippen LogP contribution >= 0.6 is 67.8 Å². The van der Waals surface area contributed by atoms with Gasteiger partial charge in [-0.1, -0.05) is 0 Å². The van der Waals surface area contributed by atoms with E-state index in [9.17, 15) is 9.59 Å². The monoisotopic (exact) mass is 626 g/mol. The molecule has 1 heterocycles. The first-order valence-corrected chi connectivity index (χ1v) is 9.50. The Morgan fingerprint density at radius 3 is 2.29 bits per heavy atom. The third-order valence-corrected chi connectivity index (χ3v) is 6.91. The summed E-state index contributed by atoms with van der Waals surface area (Å²) in [6.45, 7) is 2.40. The van der Waals surface area contributed by atoms with E-state index in [1.54, 1.807) is 0 Å². The minimum atomic E-state index is -0.823. The maximum Gasteiger partial charge on any atom is 0.317 e. The second-order valence-electron chi connectivity index (χ2n) is 4.71. The summed E-state index contributed by atoms with van der Waals surface area (Å²) in [5.74, 6) is -0.790. The number of carbonyl (C=O) groups is 2. The number of carboxylic acids is 1. The molecular weight excluding hydrogens is 613 g/mol. The molecule has 1 aliphatic rings. The zero-order valence-corrected chi connectivity index (χ0v) is 17.5. The molecule has 0 radical (unpaired) electrons. The van der Waals surface area contributed by atoms with Crippen molar-refractivity contribution in [3.05, 3.63) is 28.4 Å². The van der Waals surface area contributed by atoms with Crippen LogP contribution in [0.3, 0.4) is 0 Å². The number of rotatable bonds is 3. The molecule has 0 saturated carbocycles. The SMILES string of the molecule is O=C(O)CN1CCN(C(=O)c2cc(I)cc(I)c2I)CC1. The third kappa shape index (κ3) is 4.64. The van der Waals surface area contributed by atoms with E-state index in [2.05, 4.69) is 67.8 Å². The molecule has 1 fully saturated rings. The van der Waals surface area contributed by atoms with Gasteiger partial charge in [0.15, 0.2) is 0 Å². The molecule has 0 aromatic heterocycles. The normalized spacial score (nSPS) is 16.0. The molecule has 1 amide bonds. The smallest absolute Gasteiger partial charge is 0.317 e. The second-order valence-corrected chi connectivity index (χ2v) is 8.20. The van der Waals surface area contributed by atoms with Gasteiger partial charge < -0.3 is 10.0 Å². The first kappa shape index (κ1) is 17.7. The lowest BCUT2D eigenvalue weighted by molar-refractivity contribution is -0.138. The topological polar surface area (TPSA) is 60.9 Å². The lowest BCUT2D eigenvalue weighted by Gasteiger charge is -2.34. The summed E-state index contributed by atoms with van der Waals surface area (Å²) < 4.78 is 3.10. The van der Waals surface area contributed by atoms with E-state index in [1.807, 2.05) is 21.9 Å². The Hall–Kier alpha value is 0.310. The first-order valence-electron chi connectivity index (χ1n) is 6.26. The zero-order valence-electron chi connectivity index (χ0n) is 11.0. The van der Waals surface area contributed by atoms with Crippen molar-refractivity contribution < 1.29 is 14.7 Å². The lowest BCUT2D eigenvalue weighted by atomic mass is 10.2. The highest BCUT2D eigenvalue weighted by Gasteiger charge is 2.25. The number of halogens is 3. The number of benzene rings is 1. The van der Waals surface area contributed by atoms with Crippen LogP contribution in [-0.4, -0.2) is 59.5 Å². The van der Waals surface area contributed by atoms with Gasteiger partial charge in [0.25, 0.3) is 5.91 Å². The van der Waals surface area contributed by atoms with Crippen molar-refractivity contribution in [2.75, 3.05) is 32.7 Å². The highest BCUT2D eigenvalue weighted by Crippen LogP contribution is 2.24. The van der Waals surface area contributed by atoms with E-state index in [0.717, 1.165) is 16.3 Å². The number of aliphatic carboxylic acids is 1. The number of hydrogen-bond donors (Lipinski definition) is 1. The van der Waals surface area contributed by atoms with Gasteiger partial charge in [0.05, 0.1) is 12.1 Å². The second kappa shape index (κ2) is 7.73. The summed E-state index contributed by atoms with van der Waals surface area (Å²) in [5.41, 5.74) is 0.735. The van der Waals surface area contributed by atoms with Gasteiger partial charge in [0.1, 0.15) is 0 Å². The zero-order chi connectivity index (χ0) is 15.6. The molecule has 1 aromatic rings. The number of piperazine rings is 1. The van der Waals surface area contributed by atoms with Crippen LogP contribution in [0.1, 0.15) is 10.4 Å². The molecule has 114 valence electrons. The first-order chi connectivity index (χ1) is 9.88. The van der Waals surface area contributed by atoms with Crippen LogP contribution < -0.4 is 0 Å². The van der Waals surface area contributed by atoms with Gasteiger partial charge in [0, 0.05) is 36.9 Å². The van der Waals surface area contributed by atoms with Crippen LogP contribution in [0.15, 0.2) is 12.1 Å². The molecule has 21 heavy (non-hydrogen) atoms. The minimum Gasteiger partial charge on any atom is -0.480 e. The van der Waals surface area contributed by atoms with Crippen LogP contribution in [-0.2, 0) is 4.79 Å². The van der Waals surface area contributed by atoms with Crippen LogP contribution in [0.2, 0.25) is 0 Å². The van der Waals surface area contributed by atoms with E-state index in [0.29, 0.717) is 26.2 Å². The van der Waals surface area contributed by atoms with Crippen molar-refractivity contribution in [1.29, 1.82) is 0 Å². The van der Waals surface area contributed by atoms with Crippen molar-refractivity contribution >= 4 is 79.6 Å². The molecule has 0 spiro atoms. The van der Waals surface area contributed by atoms with Crippen molar-refractivity contribution in [2.24, 2.45) is 0 Å². The molecule has 2 rings (SSSR count). The molecule has 0 unspecified atom stereocenters. The van der Waals surface area contributed by atoms with Crippen molar-refractivity contribution in [2.45, 2.75) is 0 Å². The number of nitrogens with zero attached hydrogens (tertiary/aromatic N) is 2. The maximum absolute atomic E-state index is 12.6. The highest BCUT2D eigenvalue weighted by atomic mass is 127. The van der Waals surface area contributed by atoms with Crippen molar-refractivity contribution in [1.82, 2.24) is 9.80 Å². The average Bonchev–Trinajstić information content (AvgIpc) is 2.42. The summed E-state index contributed by atoms with van der Waals surface area (Å²) in [6, 6.07) is 3.96. The Morgan fingerprint density at radius 2 is 1.71 bits per heavy atom. The Balaban J connectivity index is 2.07. The lowest BCUT2D eigenvalue weighted by Crippen LogP contribution is -2.50. The Labute approximate surface area is 163 Å². The number of carbonyl (C=O) groups excluding carboxylic acids is 1. The maximum atomic E-state index is 12.6. The Morgan fingerprint density at radius 1 is 1.10 bits per heavy atom. The molecule has 8 heteroatoms. The van der Waals surface area contributed by atoms with Crippen molar-refractivity contribution in [3.63, 3.8) is 0 Å². The number of amides is 1. The predicted octanol–water partition coefficient (Wildman–Crippen LogP) is 2.34. The van der Waals surface area contributed by atoms with Crippen LogP contribution in [0.4, 0.5) is 0 Å². The van der Waals surface area contributed by atoms with Crippen LogP contribution in [0.5, 0.6) is 0 Å². The van der Waals surface area contributed by atoms with E-state index in [1.165, 1.54) is 0 Å². The molecule has 1 aromatic carbocycles. The van der Waals surface area contributed by atoms with Gasteiger partial charge >= 0.3 is 5.97 Å². The quantitative estimate of drug-likeness (QED) is 0.414. The van der Waals surface area contributed by atoms with Crippen LogP contribution in [0, 0.1) is 10.7 Å². The van der Waals surface area contributed by atoms with Gasteiger partial charge in [-0.25, -0.2) is 0 Å².